The Kier molecular flexibility index (Phi) is 5.88. The van der Waals surface area contributed by atoms with E-state index in [1.807, 2.05) is 19.1 Å². The zero-order chi connectivity index (χ0) is 22.9. The summed E-state index contributed by atoms with van der Waals surface area (Å²) in [5.41, 5.74) is 0.502. The largest absolute Gasteiger partial charge is 0.416 e. The Balaban J connectivity index is 1.68. The molecule has 4 rings (SSSR count). The van der Waals surface area contributed by atoms with Gasteiger partial charge >= 0.3 is 6.18 Å². The smallest absolute Gasteiger partial charge is 0.348 e. The normalized spacial score (nSPS) is 12.7. The van der Waals surface area contributed by atoms with Gasteiger partial charge in [0.2, 0.25) is 5.95 Å². The van der Waals surface area contributed by atoms with Gasteiger partial charge in [0.25, 0.3) is 5.56 Å². The van der Waals surface area contributed by atoms with Gasteiger partial charge in [0, 0.05) is 22.7 Å². The fraction of sp³-hybridized carbons (Fsp3) is 0.174. The third kappa shape index (κ3) is 4.75. The third-order valence-corrected chi connectivity index (χ3v) is 5.29. The molecule has 0 saturated heterocycles. The van der Waals surface area contributed by atoms with E-state index in [1.54, 1.807) is 30.5 Å². The van der Waals surface area contributed by atoms with Gasteiger partial charge in [0.1, 0.15) is 5.65 Å². The van der Waals surface area contributed by atoms with Gasteiger partial charge in [0.15, 0.2) is 0 Å². The van der Waals surface area contributed by atoms with Gasteiger partial charge in [-0.05, 0) is 48.4 Å². The van der Waals surface area contributed by atoms with Crippen LogP contribution in [0.3, 0.4) is 0 Å². The van der Waals surface area contributed by atoms with Crippen molar-refractivity contribution in [2.45, 2.75) is 25.7 Å². The maximum absolute atomic E-state index is 13.1. The molecule has 32 heavy (non-hydrogen) atoms. The minimum atomic E-state index is -4.46. The van der Waals surface area contributed by atoms with E-state index in [-0.39, 0.29) is 18.1 Å². The molecule has 1 atom stereocenters. The predicted molar refractivity (Wildman–Crippen MR) is 118 cm³/mol. The molecule has 5 nitrogen and oxygen atoms in total. The number of aromatic nitrogens is 3. The number of anilines is 1. The second-order valence-corrected chi connectivity index (χ2v) is 7.78. The molecule has 2 aromatic heterocycles. The first-order valence-electron chi connectivity index (χ1n) is 9.75. The maximum atomic E-state index is 13.1. The van der Waals surface area contributed by atoms with Crippen molar-refractivity contribution in [2.24, 2.45) is 0 Å². The van der Waals surface area contributed by atoms with Crippen LogP contribution in [-0.4, -0.2) is 14.5 Å². The Morgan fingerprint density at radius 3 is 2.56 bits per heavy atom. The number of alkyl halides is 3. The highest BCUT2D eigenvalue weighted by Gasteiger charge is 2.30. The summed E-state index contributed by atoms with van der Waals surface area (Å²) in [6.07, 6.45) is -2.89. The van der Waals surface area contributed by atoms with Gasteiger partial charge in [-0.3, -0.25) is 9.36 Å². The standard InChI is InChI=1S/C23H18ClF3N4O/c1-14(16-5-8-19(24)9-6-16)29-22-28-12-17-7-10-20(32)31(21(17)30-22)13-15-3-2-4-18(11-15)23(25,26)27/h2-12,14H,13H2,1H3,(H,28,29,30)/t14-/m0/s1. The molecule has 0 unspecified atom stereocenters. The van der Waals surface area contributed by atoms with Gasteiger partial charge in [-0.15, -0.1) is 0 Å². The predicted octanol–water partition coefficient (Wildman–Crippen LogP) is 5.69. The first-order chi connectivity index (χ1) is 15.2. The highest BCUT2D eigenvalue weighted by molar-refractivity contribution is 6.30. The third-order valence-electron chi connectivity index (χ3n) is 5.03. The Bertz CT molecular complexity index is 1320. The number of rotatable bonds is 5. The zero-order valence-corrected chi connectivity index (χ0v) is 17.7. The van der Waals surface area contributed by atoms with E-state index >= 15 is 0 Å². The lowest BCUT2D eigenvalue weighted by molar-refractivity contribution is -0.137. The van der Waals surface area contributed by atoms with Crippen molar-refractivity contribution in [2.75, 3.05) is 5.32 Å². The van der Waals surface area contributed by atoms with Crippen LogP contribution in [-0.2, 0) is 12.7 Å². The summed E-state index contributed by atoms with van der Waals surface area (Å²) in [7, 11) is 0. The molecule has 0 fully saturated rings. The number of hydrogen-bond acceptors (Lipinski definition) is 4. The molecule has 0 aliphatic carbocycles. The van der Waals surface area contributed by atoms with Crippen LogP contribution in [0.2, 0.25) is 5.02 Å². The molecular formula is C23H18ClF3N4O. The topological polar surface area (TPSA) is 59.8 Å². The van der Waals surface area contributed by atoms with Crippen LogP contribution in [0.4, 0.5) is 19.1 Å². The van der Waals surface area contributed by atoms with Crippen molar-refractivity contribution in [1.29, 1.82) is 0 Å². The summed E-state index contributed by atoms with van der Waals surface area (Å²) in [6, 6.07) is 15.0. The Morgan fingerprint density at radius 1 is 1.09 bits per heavy atom. The second kappa shape index (κ2) is 8.63. The van der Waals surface area contributed by atoms with Crippen molar-refractivity contribution in [3.05, 3.63) is 98.9 Å². The molecule has 0 bridgehead atoms. The highest BCUT2D eigenvalue weighted by atomic mass is 35.5. The van der Waals surface area contributed by atoms with E-state index in [1.165, 1.54) is 16.7 Å². The van der Waals surface area contributed by atoms with Gasteiger partial charge in [-0.1, -0.05) is 35.9 Å². The van der Waals surface area contributed by atoms with Gasteiger partial charge < -0.3 is 5.32 Å². The van der Waals surface area contributed by atoms with Crippen molar-refractivity contribution in [1.82, 2.24) is 14.5 Å². The van der Waals surface area contributed by atoms with Crippen LogP contribution >= 0.6 is 11.6 Å². The molecule has 0 spiro atoms. The lowest BCUT2D eigenvalue weighted by atomic mass is 10.1. The number of benzene rings is 2. The van der Waals surface area contributed by atoms with Crippen LogP contribution < -0.4 is 10.9 Å². The lowest BCUT2D eigenvalue weighted by Gasteiger charge is -2.16. The quantitative estimate of drug-likeness (QED) is 0.417. The van der Waals surface area contributed by atoms with Crippen molar-refractivity contribution >= 4 is 28.6 Å². The first kappa shape index (κ1) is 21.8. The van der Waals surface area contributed by atoms with E-state index in [0.717, 1.165) is 17.7 Å². The number of pyridine rings is 1. The molecule has 0 aliphatic rings. The Labute approximate surface area is 186 Å². The first-order valence-corrected chi connectivity index (χ1v) is 10.1. The van der Waals surface area contributed by atoms with E-state index < -0.39 is 11.7 Å². The van der Waals surface area contributed by atoms with Crippen molar-refractivity contribution in [3.8, 4) is 0 Å². The maximum Gasteiger partial charge on any atom is 0.416 e. The van der Waals surface area contributed by atoms with E-state index in [2.05, 4.69) is 15.3 Å². The van der Waals surface area contributed by atoms with Crippen LogP contribution in [0, 0.1) is 0 Å². The summed E-state index contributed by atoms with van der Waals surface area (Å²) in [5.74, 6) is 0.295. The second-order valence-electron chi connectivity index (χ2n) is 7.35. The average molecular weight is 459 g/mol. The molecule has 0 saturated carbocycles. The monoisotopic (exact) mass is 458 g/mol. The van der Waals surface area contributed by atoms with E-state index in [4.69, 9.17) is 11.6 Å². The summed E-state index contributed by atoms with van der Waals surface area (Å²) in [5, 5.41) is 4.40. The molecule has 1 N–H and O–H groups in total. The Hall–Kier alpha value is -3.39. The summed E-state index contributed by atoms with van der Waals surface area (Å²) in [4.78, 5) is 21.3. The number of nitrogens with zero attached hydrogens (tertiary/aromatic N) is 3. The molecule has 0 aliphatic heterocycles. The van der Waals surface area contributed by atoms with E-state index in [9.17, 15) is 18.0 Å². The molecule has 0 amide bonds. The number of hydrogen-bond donors (Lipinski definition) is 1. The molecule has 4 aromatic rings. The van der Waals surface area contributed by atoms with E-state index in [0.29, 0.717) is 27.6 Å². The fourth-order valence-electron chi connectivity index (χ4n) is 3.35. The lowest BCUT2D eigenvalue weighted by Crippen LogP contribution is -2.21. The minimum Gasteiger partial charge on any atom is -0.348 e. The van der Waals surface area contributed by atoms with Crippen LogP contribution in [0.15, 0.2) is 71.7 Å². The Morgan fingerprint density at radius 2 is 1.84 bits per heavy atom. The zero-order valence-electron chi connectivity index (χ0n) is 16.9. The molecule has 164 valence electrons. The molecular weight excluding hydrogens is 441 g/mol. The van der Waals surface area contributed by atoms with Gasteiger partial charge in [-0.2, -0.15) is 18.2 Å². The molecule has 2 heterocycles. The van der Waals surface area contributed by atoms with Gasteiger partial charge in [-0.25, -0.2) is 4.98 Å². The average Bonchev–Trinajstić information content (AvgIpc) is 2.76. The molecule has 2 aromatic carbocycles. The summed E-state index contributed by atoms with van der Waals surface area (Å²) in [6.45, 7) is 1.88. The molecule has 9 heteroatoms. The van der Waals surface area contributed by atoms with Crippen molar-refractivity contribution in [3.63, 3.8) is 0 Å². The van der Waals surface area contributed by atoms with Crippen LogP contribution in [0.1, 0.15) is 29.7 Å². The minimum absolute atomic E-state index is 0.0523. The SMILES string of the molecule is C[C@H](Nc1ncc2ccc(=O)n(Cc3cccc(C(F)(F)F)c3)c2n1)c1ccc(Cl)cc1. The molecule has 0 radical (unpaired) electrons. The van der Waals surface area contributed by atoms with Crippen LogP contribution in [0.25, 0.3) is 11.0 Å². The number of nitrogens with one attached hydrogen (secondary N) is 1. The van der Waals surface area contributed by atoms with Crippen molar-refractivity contribution < 1.29 is 13.2 Å². The van der Waals surface area contributed by atoms with Crippen LogP contribution in [0.5, 0.6) is 0 Å². The fourth-order valence-corrected chi connectivity index (χ4v) is 3.48. The van der Waals surface area contributed by atoms with Gasteiger partial charge in [0.05, 0.1) is 18.2 Å². The summed E-state index contributed by atoms with van der Waals surface area (Å²) >= 11 is 5.94. The summed E-state index contributed by atoms with van der Waals surface area (Å²) < 4.78 is 40.5. The highest BCUT2D eigenvalue weighted by Crippen LogP contribution is 2.29. The number of halogens is 4. The number of fused-ring (bicyclic) bond motifs is 1.